The highest BCUT2D eigenvalue weighted by Gasteiger charge is 2.26. The number of hydrogen-bond donors (Lipinski definition) is 0. The van der Waals surface area contributed by atoms with E-state index in [1.165, 1.54) is 16.6 Å². The summed E-state index contributed by atoms with van der Waals surface area (Å²) in [5.74, 6) is 0.486. The molecule has 2 aromatic heterocycles. The molecule has 1 amide bonds. The van der Waals surface area contributed by atoms with Crippen LogP contribution in [0.25, 0.3) is 11.1 Å². The number of amides is 1. The van der Waals surface area contributed by atoms with Crippen LogP contribution in [0.3, 0.4) is 0 Å². The summed E-state index contributed by atoms with van der Waals surface area (Å²) in [5, 5.41) is 2.63. The minimum Gasteiger partial charge on any atom is -0.431 e. The van der Waals surface area contributed by atoms with Crippen molar-refractivity contribution < 1.29 is 13.9 Å². The summed E-state index contributed by atoms with van der Waals surface area (Å²) >= 11 is 3.12. The summed E-state index contributed by atoms with van der Waals surface area (Å²) in [4.78, 5) is 20.8. The average Bonchev–Trinajstić information content (AvgIpc) is 3.36. The smallest absolute Gasteiger partial charge is 0.257 e. The highest BCUT2D eigenvalue weighted by Crippen LogP contribution is 2.25. The van der Waals surface area contributed by atoms with Crippen molar-refractivity contribution in [3.63, 3.8) is 0 Å². The normalized spacial score (nSPS) is 15.3. The maximum Gasteiger partial charge on any atom is 0.257 e. The van der Waals surface area contributed by atoms with E-state index in [0.717, 1.165) is 50.1 Å². The number of nitrogens with zero attached hydrogens (tertiary/aromatic N) is 2. The van der Waals surface area contributed by atoms with Crippen LogP contribution < -0.4 is 0 Å². The van der Waals surface area contributed by atoms with E-state index >= 15 is 0 Å². The van der Waals surface area contributed by atoms with Crippen LogP contribution in [0.5, 0.6) is 0 Å². The molecule has 4 rings (SSSR count). The van der Waals surface area contributed by atoms with E-state index in [9.17, 15) is 4.79 Å². The summed E-state index contributed by atoms with van der Waals surface area (Å²) in [6, 6.07) is 12.1. The first-order valence-corrected chi connectivity index (χ1v) is 11.0. The number of benzene rings is 1. The summed E-state index contributed by atoms with van der Waals surface area (Å²) < 4.78 is 11.2. The lowest BCUT2D eigenvalue weighted by Gasteiger charge is -2.34. The zero-order valence-corrected chi connectivity index (χ0v) is 16.6. The van der Waals surface area contributed by atoms with E-state index in [1.807, 2.05) is 29.2 Å². The third-order valence-corrected chi connectivity index (χ3v) is 6.47. The predicted molar refractivity (Wildman–Crippen MR) is 108 cm³/mol. The SMILES string of the molecule is O=C(CSc1nc2ccccc2o1)N(CCc1cccs1)C1CCOCC1. The van der Waals surface area contributed by atoms with E-state index in [0.29, 0.717) is 11.0 Å². The van der Waals surface area contributed by atoms with E-state index in [4.69, 9.17) is 9.15 Å². The van der Waals surface area contributed by atoms with E-state index in [1.54, 1.807) is 11.3 Å². The van der Waals surface area contributed by atoms with Gasteiger partial charge in [0.2, 0.25) is 5.91 Å². The number of rotatable bonds is 7. The van der Waals surface area contributed by atoms with Crippen LogP contribution in [-0.2, 0) is 16.0 Å². The molecule has 0 saturated carbocycles. The summed E-state index contributed by atoms with van der Waals surface area (Å²) in [6.07, 6.45) is 2.71. The van der Waals surface area contributed by atoms with Gasteiger partial charge in [0.25, 0.3) is 5.22 Å². The molecule has 0 atom stereocenters. The van der Waals surface area contributed by atoms with Crippen LogP contribution in [0.15, 0.2) is 51.4 Å². The van der Waals surface area contributed by atoms with E-state index < -0.39 is 0 Å². The van der Waals surface area contributed by atoms with Gasteiger partial charge in [-0.3, -0.25) is 4.79 Å². The lowest BCUT2D eigenvalue weighted by molar-refractivity contribution is -0.132. The Morgan fingerprint density at radius 1 is 1.22 bits per heavy atom. The Bertz CT molecular complexity index is 839. The second-order valence-electron chi connectivity index (χ2n) is 6.50. The second kappa shape index (κ2) is 8.91. The standard InChI is InChI=1S/C20H22N2O3S2/c23-19(14-27-20-21-17-5-1-2-6-18(17)25-20)22(15-8-11-24-12-9-15)10-7-16-4-3-13-26-16/h1-6,13,15H,7-12,14H2. The topological polar surface area (TPSA) is 55.6 Å². The molecule has 1 aromatic carbocycles. The Hall–Kier alpha value is -1.83. The van der Waals surface area contributed by atoms with Crippen LogP contribution in [-0.4, -0.2) is 47.3 Å². The first-order chi connectivity index (χ1) is 13.3. The Labute approximate surface area is 166 Å². The number of carbonyl (C=O) groups is 1. The van der Waals surface area contributed by atoms with Crippen molar-refractivity contribution in [3.05, 3.63) is 46.7 Å². The molecule has 1 saturated heterocycles. The molecule has 0 aliphatic carbocycles. The van der Waals surface area contributed by atoms with Crippen molar-refractivity contribution in [2.75, 3.05) is 25.5 Å². The molecule has 1 fully saturated rings. The Kier molecular flexibility index (Phi) is 6.11. The fourth-order valence-electron chi connectivity index (χ4n) is 3.31. The molecule has 3 aromatic rings. The highest BCUT2D eigenvalue weighted by molar-refractivity contribution is 7.99. The Morgan fingerprint density at radius 3 is 2.85 bits per heavy atom. The Morgan fingerprint density at radius 2 is 2.07 bits per heavy atom. The van der Waals surface area contributed by atoms with Crippen molar-refractivity contribution >= 4 is 40.1 Å². The van der Waals surface area contributed by atoms with Crippen molar-refractivity contribution in [1.29, 1.82) is 0 Å². The molecule has 0 bridgehead atoms. The first kappa shape index (κ1) is 18.5. The number of para-hydroxylation sites is 2. The molecule has 142 valence electrons. The zero-order chi connectivity index (χ0) is 18.5. The summed E-state index contributed by atoms with van der Waals surface area (Å²) in [6.45, 7) is 2.20. The third-order valence-electron chi connectivity index (χ3n) is 4.72. The van der Waals surface area contributed by atoms with Crippen molar-refractivity contribution in [3.8, 4) is 0 Å². The quantitative estimate of drug-likeness (QED) is 0.554. The molecular formula is C20H22N2O3S2. The van der Waals surface area contributed by atoms with Gasteiger partial charge >= 0.3 is 0 Å². The van der Waals surface area contributed by atoms with Crippen molar-refractivity contribution in [2.24, 2.45) is 0 Å². The largest absolute Gasteiger partial charge is 0.431 e. The number of fused-ring (bicyclic) bond motifs is 1. The van der Waals surface area contributed by atoms with Gasteiger partial charge in [0.05, 0.1) is 5.75 Å². The van der Waals surface area contributed by atoms with E-state index in [-0.39, 0.29) is 11.9 Å². The lowest BCUT2D eigenvalue weighted by Crippen LogP contribution is -2.45. The molecule has 0 radical (unpaired) electrons. The molecular weight excluding hydrogens is 380 g/mol. The maximum absolute atomic E-state index is 13.0. The number of oxazole rings is 1. The molecule has 3 heterocycles. The second-order valence-corrected chi connectivity index (χ2v) is 8.46. The Balaban J connectivity index is 1.40. The van der Waals surface area contributed by atoms with Crippen molar-refractivity contribution in [2.45, 2.75) is 30.5 Å². The third kappa shape index (κ3) is 4.72. The van der Waals surface area contributed by atoms with Crippen molar-refractivity contribution in [1.82, 2.24) is 9.88 Å². The number of ether oxygens (including phenoxy) is 1. The fraction of sp³-hybridized carbons (Fsp3) is 0.400. The van der Waals surface area contributed by atoms with Gasteiger partial charge in [-0.2, -0.15) is 0 Å². The maximum atomic E-state index is 13.0. The molecule has 1 aliphatic rings. The number of aromatic nitrogens is 1. The molecule has 27 heavy (non-hydrogen) atoms. The average molecular weight is 403 g/mol. The molecule has 0 unspecified atom stereocenters. The lowest BCUT2D eigenvalue weighted by atomic mass is 10.1. The fourth-order valence-corrected chi connectivity index (χ4v) is 4.73. The van der Waals surface area contributed by atoms with E-state index in [2.05, 4.69) is 22.5 Å². The van der Waals surface area contributed by atoms with Gasteiger partial charge in [-0.1, -0.05) is 30.0 Å². The van der Waals surface area contributed by atoms with Gasteiger partial charge in [0.1, 0.15) is 5.52 Å². The zero-order valence-electron chi connectivity index (χ0n) is 15.0. The highest BCUT2D eigenvalue weighted by atomic mass is 32.2. The molecule has 0 N–H and O–H groups in total. The predicted octanol–water partition coefficient (Wildman–Crippen LogP) is 4.23. The number of hydrogen-bond acceptors (Lipinski definition) is 6. The van der Waals surface area contributed by atoms with Crippen LogP contribution in [0, 0.1) is 0 Å². The molecule has 1 aliphatic heterocycles. The van der Waals surface area contributed by atoms with Gasteiger partial charge in [0, 0.05) is 30.7 Å². The van der Waals surface area contributed by atoms with Crippen LogP contribution >= 0.6 is 23.1 Å². The van der Waals surface area contributed by atoms with Gasteiger partial charge in [-0.25, -0.2) is 4.98 Å². The molecule has 7 heteroatoms. The van der Waals surface area contributed by atoms with Gasteiger partial charge in [-0.05, 0) is 42.8 Å². The first-order valence-electron chi connectivity index (χ1n) is 9.17. The summed E-state index contributed by atoms with van der Waals surface area (Å²) in [5.41, 5.74) is 1.58. The van der Waals surface area contributed by atoms with Gasteiger partial charge in [-0.15, -0.1) is 11.3 Å². The van der Waals surface area contributed by atoms with Crippen LogP contribution in [0.4, 0.5) is 0 Å². The molecule has 5 nitrogen and oxygen atoms in total. The minimum atomic E-state index is 0.144. The van der Waals surface area contributed by atoms with Crippen LogP contribution in [0.2, 0.25) is 0 Å². The number of carbonyl (C=O) groups excluding carboxylic acids is 1. The molecule has 0 spiro atoms. The summed E-state index contributed by atoms with van der Waals surface area (Å²) in [7, 11) is 0. The van der Waals surface area contributed by atoms with Gasteiger partial charge in [0.15, 0.2) is 5.58 Å². The monoisotopic (exact) mass is 402 g/mol. The number of thioether (sulfide) groups is 1. The minimum absolute atomic E-state index is 0.144. The van der Waals surface area contributed by atoms with Gasteiger partial charge < -0.3 is 14.1 Å². The number of thiophene rings is 1. The van der Waals surface area contributed by atoms with Crippen LogP contribution in [0.1, 0.15) is 17.7 Å².